The van der Waals surface area contributed by atoms with Gasteiger partial charge in [-0.15, -0.1) is 5.10 Å². The summed E-state index contributed by atoms with van der Waals surface area (Å²) in [6.45, 7) is 1.88. The van der Waals surface area contributed by atoms with Crippen LogP contribution in [-0.4, -0.2) is 20.0 Å². The lowest BCUT2D eigenvalue weighted by molar-refractivity contribution is 0.422. The van der Waals surface area contributed by atoms with E-state index in [4.69, 9.17) is 10.2 Å². The van der Waals surface area contributed by atoms with Crippen LogP contribution in [-0.2, 0) is 0 Å². The predicted molar refractivity (Wildman–Crippen MR) is 88.1 cm³/mol. The van der Waals surface area contributed by atoms with Gasteiger partial charge in [-0.25, -0.2) is 9.67 Å². The summed E-state index contributed by atoms with van der Waals surface area (Å²) in [7, 11) is 0. The van der Waals surface area contributed by atoms with Gasteiger partial charge in [-0.3, -0.25) is 0 Å². The Labute approximate surface area is 135 Å². The quantitative estimate of drug-likeness (QED) is 0.789. The third-order valence-electron chi connectivity index (χ3n) is 4.05. The van der Waals surface area contributed by atoms with Crippen molar-refractivity contribution in [2.45, 2.75) is 55.4 Å². The molecule has 0 spiro atoms. The van der Waals surface area contributed by atoms with Gasteiger partial charge in [-0.1, -0.05) is 49.2 Å². The predicted octanol–water partition coefficient (Wildman–Crippen LogP) is 4.32. The zero-order chi connectivity index (χ0) is 15.4. The Kier molecular flexibility index (Phi) is 4.79. The van der Waals surface area contributed by atoms with Crippen LogP contribution in [0.2, 0.25) is 0 Å². The van der Waals surface area contributed by atoms with Crippen LogP contribution in [0.25, 0.3) is 5.69 Å². The van der Waals surface area contributed by atoms with Gasteiger partial charge >= 0.3 is 0 Å². The topological polar surface area (TPSA) is 54.5 Å². The van der Waals surface area contributed by atoms with E-state index in [0.29, 0.717) is 11.1 Å². The van der Waals surface area contributed by atoms with E-state index in [9.17, 15) is 0 Å². The highest BCUT2D eigenvalue weighted by molar-refractivity contribution is 7.99. The first-order valence-electron chi connectivity index (χ1n) is 7.86. The minimum Gasteiger partial charge on any atom is -0.216 e. The minimum absolute atomic E-state index is 0.133. The first kappa shape index (κ1) is 15.1. The number of para-hydroxylation sites is 1. The van der Waals surface area contributed by atoms with Crippen molar-refractivity contribution in [3.63, 3.8) is 0 Å². The number of nitrogens with zero attached hydrogens (tertiary/aromatic N) is 4. The van der Waals surface area contributed by atoms with Crippen molar-refractivity contribution in [3.8, 4) is 11.8 Å². The molecule has 0 aliphatic heterocycles. The van der Waals surface area contributed by atoms with Gasteiger partial charge in [0.2, 0.25) is 5.16 Å². The van der Waals surface area contributed by atoms with E-state index in [1.165, 1.54) is 43.9 Å². The van der Waals surface area contributed by atoms with Crippen LogP contribution in [0.1, 0.15) is 50.8 Å². The second-order valence-electron chi connectivity index (χ2n) is 5.72. The molecular weight excluding hydrogens is 292 g/mol. The molecule has 3 rings (SSSR count). The molecule has 22 heavy (non-hydrogen) atoms. The third kappa shape index (κ3) is 3.33. The van der Waals surface area contributed by atoms with Crippen LogP contribution in [0.4, 0.5) is 0 Å². The smallest absolute Gasteiger partial charge is 0.210 e. The molecule has 1 heterocycles. The molecule has 1 aromatic carbocycles. The molecule has 1 aliphatic carbocycles. The number of thioether (sulfide) groups is 1. The summed E-state index contributed by atoms with van der Waals surface area (Å²) < 4.78 is 1.97. The van der Waals surface area contributed by atoms with Gasteiger partial charge in [0, 0.05) is 5.92 Å². The fraction of sp³-hybridized carbons (Fsp3) is 0.471. The van der Waals surface area contributed by atoms with E-state index in [1.54, 1.807) is 0 Å². The normalized spacial score (nSPS) is 17.1. The number of hydrogen-bond acceptors (Lipinski definition) is 4. The summed E-state index contributed by atoms with van der Waals surface area (Å²) in [4.78, 5) is 4.76. The van der Waals surface area contributed by atoms with E-state index < -0.39 is 0 Å². The lowest BCUT2D eigenvalue weighted by atomic mass is 9.88. The molecule has 0 radical (unpaired) electrons. The SMILES string of the molecule is C[C@@H](C#N)Sc1nc(C2CCCCC2)n(-c2ccccc2)n1. The highest BCUT2D eigenvalue weighted by Crippen LogP contribution is 2.34. The van der Waals surface area contributed by atoms with Crippen molar-refractivity contribution >= 4 is 11.8 Å². The van der Waals surface area contributed by atoms with Crippen molar-refractivity contribution < 1.29 is 0 Å². The fourth-order valence-electron chi connectivity index (χ4n) is 2.92. The standard InChI is InChI=1S/C17H20N4S/c1-13(12-18)22-17-19-16(14-8-4-2-5-9-14)21(20-17)15-10-6-3-7-11-15/h3,6-7,10-11,13-14H,2,4-5,8-9H2,1H3/t13-/m0/s1. The highest BCUT2D eigenvalue weighted by Gasteiger charge is 2.24. The third-order valence-corrected chi connectivity index (χ3v) is 4.89. The maximum absolute atomic E-state index is 9.00. The summed E-state index contributed by atoms with van der Waals surface area (Å²) in [6.07, 6.45) is 6.22. The van der Waals surface area contributed by atoms with Gasteiger partial charge in [-0.05, 0) is 31.9 Å². The van der Waals surface area contributed by atoms with Crippen molar-refractivity contribution in [2.24, 2.45) is 0 Å². The molecule has 0 amide bonds. The van der Waals surface area contributed by atoms with Crippen LogP contribution >= 0.6 is 11.8 Å². The molecule has 0 bridgehead atoms. The van der Waals surface area contributed by atoms with Gasteiger partial charge in [0.25, 0.3) is 0 Å². The maximum atomic E-state index is 9.00. The van der Waals surface area contributed by atoms with Gasteiger partial charge in [0.15, 0.2) is 0 Å². The Morgan fingerprint density at radius 1 is 1.23 bits per heavy atom. The highest BCUT2D eigenvalue weighted by atomic mass is 32.2. The average Bonchev–Trinajstić information content (AvgIpc) is 3.00. The molecule has 1 aliphatic rings. The summed E-state index contributed by atoms with van der Waals surface area (Å²) in [5.74, 6) is 1.53. The Balaban J connectivity index is 1.96. The van der Waals surface area contributed by atoms with Crippen molar-refractivity contribution in [2.75, 3.05) is 0 Å². The van der Waals surface area contributed by atoms with Gasteiger partial charge in [0.05, 0.1) is 17.0 Å². The van der Waals surface area contributed by atoms with Crippen LogP contribution in [0.5, 0.6) is 0 Å². The molecule has 1 aromatic heterocycles. The van der Waals surface area contributed by atoms with Crippen molar-refractivity contribution in [1.29, 1.82) is 5.26 Å². The molecule has 1 fully saturated rings. The van der Waals surface area contributed by atoms with Crippen LogP contribution < -0.4 is 0 Å². The summed E-state index contributed by atoms with van der Waals surface area (Å²) in [5, 5.41) is 14.2. The molecule has 1 saturated carbocycles. The van der Waals surface area contributed by atoms with Crippen molar-refractivity contribution in [1.82, 2.24) is 14.8 Å². The van der Waals surface area contributed by atoms with E-state index in [0.717, 1.165) is 11.5 Å². The Morgan fingerprint density at radius 3 is 2.64 bits per heavy atom. The maximum Gasteiger partial charge on any atom is 0.210 e. The largest absolute Gasteiger partial charge is 0.216 e. The first-order valence-corrected chi connectivity index (χ1v) is 8.74. The first-order chi connectivity index (χ1) is 10.8. The van der Waals surface area contributed by atoms with Gasteiger partial charge < -0.3 is 0 Å². The lowest BCUT2D eigenvalue weighted by Gasteiger charge is -2.21. The van der Waals surface area contributed by atoms with E-state index in [2.05, 4.69) is 23.3 Å². The second kappa shape index (κ2) is 6.97. The molecule has 2 aromatic rings. The number of aromatic nitrogens is 3. The number of benzene rings is 1. The second-order valence-corrected chi connectivity index (χ2v) is 7.03. The number of hydrogen-bond donors (Lipinski definition) is 0. The van der Waals surface area contributed by atoms with Gasteiger partial charge in [-0.2, -0.15) is 5.26 Å². The van der Waals surface area contributed by atoms with Crippen LogP contribution in [0, 0.1) is 11.3 Å². The van der Waals surface area contributed by atoms with E-state index >= 15 is 0 Å². The van der Waals surface area contributed by atoms with Crippen molar-refractivity contribution in [3.05, 3.63) is 36.2 Å². The molecule has 0 N–H and O–H groups in total. The molecule has 1 atom stereocenters. The van der Waals surface area contributed by atoms with E-state index in [1.807, 2.05) is 29.8 Å². The van der Waals surface area contributed by atoms with Gasteiger partial charge in [0.1, 0.15) is 5.82 Å². The Bertz CT molecular complexity index is 653. The summed E-state index contributed by atoms with van der Waals surface area (Å²) in [6, 6.07) is 12.4. The van der Waals surface area contributed by atoms with E-state index in [-0.39, 0.29) is 5.25 Å². The average molecular weight is 312 g/mol. The monoisotopic (exact) mass is 312 g/mol. The molecular formula is C17H20N4S. The fourth-order valence-corrected chi connectivity index (χ4v) is 3.57. The molecule has 4 nitrogen and oxygen atoms in total. The number of nitriles is 1. The zero-order valence-electron chi connectivity index (χ0n) is 12.8. The van der Waals surface area contributed by atoms with Crippen LogP contribution in [0.15, 0.2) is 35.5 Å². The summed E-state index contributed by atoms with van der Waals surface area (Å²) >= 11 is 1.43. The Hall–Kier alpha value is -1.80. The molecule has 5 heteroatoms. The Morgan fingerprint density at radius 2 is 1.95 bits per heavy atom. The molecule has 0 saturated heterocycles. The summed E-state index contributed by atoms with van der Waals surface area (Å²) in [5.41, 5.74) is 1.05. The van der Waals surface area contributed by atoms with Crippen LogP contribution in [0.3, 0.4) is 0 Å². The lowest BCUT2D eigenvalue weighted by Crippen LogP contribution is -2.12. The molecule has 114 valence electrons. The zero-order valence-corrected chi connectivity index (χ0v) is 13.6. The number of rotatable bonds is 4. The molecule has 0 unspecified atom stereocenters. The minimum atomic E-state index is -0.133.